The van der Waals surface area contributed by atoms with E-state index in [9.17, 15) is 4.79 Å². The molecule has 0 aliphatic carbocycles. The van der Waals surface area contributed by atoms with Crippen molar-refractivity contribution in [2.75, 3.05) is 13.1 Å². The highest BCUT2D eigenvalue weighted by Gasteiger charge is 2.15. The summed E-state index contributed by atoms with van der Waals surface area (Å²) in [5, 5.41) is 5.96. The van der Waals surface area contributed by atoms with Gasteiger partial charge < -0.3 is 15.4 Å². The number of ether oxygens (including phenoxy) is 1. The van der Waals surface area contributed by atoms with Crippen LogP contribution in [-0.4, -0.2) is 24.8 Å². The molecule has 0 saturated heterocycles. The zero-order valence-corrected chi connectivity index (χ0v) is 15.2. The molecule has 4 nitrogen and oxygen atoms in total. The van der Waals surface area contributed by atoms with Crippen molar-refractivity contribution in [3.63, 3.8) is 0 Å². The molecule has 19 heavy (non-hydrogen) atoms. The number of carbonyl (C=O) groups is 1. The van der Waals surface area contributed by atoms with E-state index in [0.717, 1.165) is 14.8 Å². The SMILES string of the molecule is CC(C)(C)OC(=O)NCCNCc1cc(Br)c(Br)s1. The second-order valence-corrected chi connectivity index (χ2v) is 8.25. The summed E-state index contributed by atoms with van der Waals surface area (Å²) in [5.74, 6) is 0. The molecule has 0 spiro atoms. The monoisotopic (exact) mass is 412 g/mol. The number of hydrogen-bond donors (Lipinski definition) is 2. The molecule has 2 N–H and O–H groups in total. The molecule has 0 atom stereocenters. The number of nitrogens with one attached hydrogen (secondary N) is 2. The standard InChI is InChI=1S/C12H18Br2N2O2S/c1-12(2,3)18-11(17)16-5-4-15-7-8-6-9(13)10(14)19-8/h6,15H,4-5,7H2,1-3H3,(H,16,17). The first-order valence-corrected chi connectivity index (χ1v) is 8.29. The van der Waals surface area contributed by atoms with Crippen LogP contribution in [0.2, 0.25) is 0 Å². The lowest BCUT2D eigenvalue weighted by atomic mass is 10.2. The van der Waals surface area contributed by atoms with Gasteiger partial charge in [0.2, 0.25) is 0 Å². The van der Waals surface area contributed by atoms with Crippen molar-refractivity contribution in [3.05, 3.63) is 19.2 Å². The van der Waals surface area contributed by atoms with Crippen molar-refractivity contribution >= 4 is 49.3 Å². The molecule has 0 aromatic carbocycles. The molecule has 1 aromatic heterocycles. The molecule has 7 heteroatoms. The molecule has 0 saturated carbocycles. The van der Waals surface area contributed by atoms with Gasteiger partial charge in [-0.05, 0) is 58.7 Å². The van der Waals surface area contributed by atoms with Gasteiger partial charge in [-0.25, -0.2) is 4.79 Å². The van der Waals surface area contributed by atoms with Gasteiger partial charge in [0.15, 0.2) is 0 Å². The predicted molar refractivity (Wildman–Crippen MR) is 85.7 cm³/mol. The van der Waals surface area contributed by atoms with Gasteiger partial charge in [-0.15, -0.1) is 11.3 Å². The third kappa shape index (κ3) is 7.29. The number of rotatable bonds is 5. The second kappa shape index (κ2) is 7.61. The number of amides is 1. The Morgan fingerprint density at radius 1 is 1.37 bits per heavy atom. The fourth-order valence-electron chi connectivity index (χ4n) is 1.26. The molecule has 0 aliphatic heterocycles. The summed E-state index contributed by atoms with van der Waals surface area (Å²) in [7, 11) is 0. The van der Waals surface area contributed by atoms with Crippen LogP contribution in [0.25, 0.3) is 0 Å². The molecule has 0 radical (unpaired) electrons. The second-order valence-electron chi connectivity index (χ2n) is 4.94. The largest absolute Gasteiger partial charge is 0.444 e. The zero-order valence-electron chi connectivity index (χ0n) is 11.2. The maximum absolute atomic E-state index is 11.4. The summed E-state index contributed by atoms with van der Waals surface area (Å²) >= 11 is 8.59. The minimum absolute atomic E-state index is 0.379. The minimum Gasteiger partial charge on any atom is -0.444 e. The van der Waals surface area contributed by atoms with Crippen LogP contribution < -0.4 is 10.6 Å². The first kappa shape index (κ1) is 16.9. The molecule has 0 aliphatic rings. The molecule has 1 amide bonds. The molecule has 1 rings (SSSR count). The molecule has 0 fully saturated rings. The summed E-state index contributed by atoms with van der Waals surface area (Å²) in [6.07, 6.45) is -0.379. The summed E-state index contributed by atoms with van der Waals surface area (Å²) in [4.78, 5) is 12.6. The van der Waals surface area contributed by atoms with Gasteiger partial charge in [-0.3, -0.25) is 0 Å². The molecule has 1 heterocycles. The van der Waals surface area contributed by atoms with Crippen LogP contribution in [0.4, 0.5) is 4.79 Å². The normalized spacial score (nSPS) is 11.4. The minimum atomic E-state index is -0.451. The molecule has 0 bridgehead atoms. The molecular formula is C12H18Br2N2O2S. The first-order valence-electron chi connectivity index (χ1n) is 5.89. The number of carbonyl (C=O) groups excluding carboxylic acids is 1. The Kier molecular flexibility index (Phi) is 6.79. The van der Waals surface area contributed by atoms with Gasteiger partial charge >= 0.3 is 6.09 Å². The van der Waals surface area contributed by atoms with Gasteiger partial charge in [-0.1, -0.05) is 0 Å². The van der Waals surface area contributed by atoms with E-state index in [1.165, 1.54) is 4.88 Å². The molecule has 1 aromatic rings. The molecule has 108 valence electrons. The smallest absolute Gasteiger partial charge is 0.407 e. The zero-order chi connectivity index (χ0) is 14.5. The molecular weight excluding hydrogens is 396 g/mol. The van der Waals surface area contributed by atoms with Crippen LogP contribution in [0.3, 0.4) is 0 Å². The maximum Gasteiger partial charge on any atom is 0.407 e. The van der Waals surface area contributed by atoms with Crippen LogP contribution in [0.15, 0.2) is 14.3 Å². The maximum atomic E-state index is 11.4. The van der Waals surface area contributed by atoms with E-state index in [4.69, 9.17) is 4.74 Å². The van der Waals surface area contributed by atoms with E-state index in [0.29, 0.717) is 13.1 Å². The van der Waals surface area contributed by atoms with E-state index < -0.39 is 5.60 Å². The lowest BCUT2D eigenvalue weighted by Crippen LogP contribution is -2.36. The predicted octanol–water partition coefficient (Wildman–Crippen LogP) is 3.89. The van der Waals surface area contributed by atoms with Crippen LogP contribution in [0.5, 0.6) is 0 Å². The van der Waals surface area contributed by atoms with Crippen molar-refractivity contribution < 1.29 is 9.53 Å². The Morgan fingerprint density at radius 3 is 2.58 bits per heavy atom. The summed E-state index contributed by atoms with van der Waals surface area (Å²) in [6.45, 7) is 7.56. The molecule has 0 unspecified atom stereocenters. The first-order chi connectivity index (χ1) is 8.78. The Bertz CT molecular complexity index is 410. The van der Waals surface area contributed by atoms with Gasteiger partial charge in [0, 0.05) is 29.0 Å². The third-order valence-electron chi connectivity index (χ3n) is 1.97. The number of hydrogen-bond acceptors (Lipinski definition) is 4. The van der Waals surface area contributed by atoms with E-state index >= 15 is 0 Å². The van der Waals surface area contributed by atoms with E-state index in [-0.39, 0.29) is 6.09 Å². The lowest BCUT2D eigenvalue weighted by Gasteiger charge is -2.19. The Balaban J connectivity index is 2.13. The quantitative estimate of drug-likeness (QED) is 0.720. The van der Waals surface area contributed by atoms with Crippen LogP contribution in [0, 0.1) is 0 Å². The summed E-state index contributed by atoms with van der Waals surface area (Å²) < 4.78 is 7.30. The van der Waals surface area contributed by atoms with Crippen molar-refractivity contribution in [1.82, 2.24) is 10.6 Å². The fraction of sp³-hybridized carbons (Fsp3) is 0.583. The van der Waals surface area contributed by atoms with Crippen LogP contribution in [0.1, 0.15) is 25.6 Å². The van der Waals surface area contributed by atoms with Gasteiger partial charge in [0.05, 0.1) is 3.79 Å². The number of halogens is 2. The Morgan fingerprint density at radius 2 is 2.05 bits per heavy atom. The van der Waals surface area contributed by atoms with Crippen LogP contribution >= 0.6 is 43.2 Å². The summed E-state index contributed by atoms with van der Waals surface area (Å²) in [6, 6.07) is 2.07. The highest BCUT2D eigenvalue weighted by Crippen LogP contribution is 2.32. The van der Waals surface area contributed by atoms with E-state index in [1.807, 2.05) is 20.8 Å². The van der Waals surface area contributed by atoms with Crippen molar-refractivity contribution in [2.45, 2.75) is 32.9 Å². The average molecular weight is 414 g/mol. The third-order valence-corrected chi connectivity index (χ3v) is 5.22. The van der Waals surface area contributed by atoms with Crippen molar-refractivity contribution in [2.24, 2.45) is 0 Å². The highest BCUT2D eigenvalue weighted by molar-refractivity contribution is 9.13. The van der Waals surface area contributed by atoms with Crippen molar-refractivity contribution in [3.8, 4) is 0 Å². The lowest BCUT2D eigenvalue weighted by molar-refractivity contribution is 0.0528. The topological polar surface area (TPSA) is 50.4 Å². The highest BCUT2D eigenvalue weighted by atomic mass is 79.9. The Labute approximate surface area is 134 Å². The summed E-state index contributed by atoms with van der Waals surface area (Å²) in [5.41, 5.74) is -0.451. The van der Waals surface area contributed by atoms with Crippen molar-refractivity contribution in [1.29, 1.82) is 0 Å². The average Bonchev–Trinajstić information content (AvgIpc) is 2.55. The van der Waals surface area contributed by atoms with E-state index in [1.54, 1.807) is 11.3 Å². The van der Waals surface area contributed by atoms with Gasteiger partial charge in [0.1, 0.15) is 5.60 Å². The Hall–Kier alpha value is -0.110. The van der Waals surface area contributed by atoms with E-state index in [2.05, 4.69) is 48.6 Å². The number of alkyl carbamates (subject to hydrolysis) is 1. The van der Waals surface area contributed by atoms with Gasteiger partial charge in [0.25, 0.3) is 0 Å². The fourth-order valence-corrected chi connectivity index (χ4v) is 3.40. The number of thiophene rings is 1. The van der Waals surface area contributed by atoms with Gasteiger partial charge in [-0.2, -0.15) is 0 Å². The van der Waals surface area contributed by atoms with Crippen LogP contribution in [-0.2, 0) is 11.3 Å².